The normalized spacial score (nSPS) is 10.9. The van der Waals surface area contributed by atoms with E-state index in [1.807, 2.05) is 0 Å². The summed E-state index contributed by atoms with van der Waals surface area (Å²) in [5.41, 5.74) is 6.87. The van der Waals surface area contributed by atoms with Crippen LogP contribution in [0.1, 0.15) is 0 Å². The minimum Gasteiger partial charge on any atom is -0.112 e. The highest BCUT2D eigenvalue weighted by Crippen LogP contribution is 2.02. The maximum atomic E-state index is 3.44. The van der Waals surface area contributed by atoms with Crippen molar-refractivity contribution in [1.82, 2.24) is 0 Å². The number of hydrogen-bond acceptors (Lipinski definition) is 0. The molecule has 0 unspecified atom stereocenters. The lowest BCUT2D eigenvalue weighted by Gasteiger charge is -2.15. The van der Waals surface area contributed by atoms with Crippen molar-refractivity contribution < 1.29 is 0 Å². The summed E-state index contributed by atoms with van der Waals surface area (Å²) in [4.78, 5) is 0. The van der Waals surface area contributed by atoms with E-state index in [0.29, 0.717) is 0 Å². The van der Waals surface area contributed by atoms with Gasteiger partial charge in [0, 0.05) is 0 Å². The van der Waals surface area contributed by atoms with Crippen molar-refractivity contribution >= 4 is 26.5 Å². The van der Waals surface area contributed by atoms with Crippen LogP contribution in [-0.2, 0) is 0 Å². The standard InChI is InChI=1S/C20H22Si2/c1-21(2,19-13-7-5-8-14-19)17-11-12-18-22(3,4)20-15-9-6-10-16-20/h5-10,13-16H,1-4H3. The molecular formula is C20H22Si2. The van der Waals surface area contributed by atoms with Crippen molar-refractivity contribution in [3.05, 3.63) is 60.7 Å². The van der Waals surface area contributed by atoms with Gasteiger partial charge in [-0.1, -0.05) is 86.9 Å². The van der Waals surface area contributed by atoms with Crippen LogP contribution in [0.2, 0.25) is 26.2 Å². The Balaban J connectivity index is 2.18. The third-order valence-electron chi connectivity index (χ3n) is 3.80. The molecule has 0 heterocycles. The molecular weight excluding hydrogens is 296 g/mol. The Morgan fingerprint density at radius 3 is 1.18 bits per heavy atom. The number of hydrogen-bond donors (Lipinski definition) is 0. The van der Waals surface area contributed by atoms with E-state index in [-0.39, 0.29) is 0 Å². The summed E-state index contributed by atoms with van der Waals surface area (Å²) < 4.78 is 0. The molecule has 0 bridgehead atoms. The van der Waals surface area contributed by atoms with Crippen molar-refractivity contribution in [2.24, 2.45) is 0 Å². The van der Waals surface area contributed by atoms with Crippen LogP contribution in [0.3, 0.4) is 0 Å². The molecule has 2 aromatic rings. The van der Waals surface area contributed by atoms with Crippen LogP contribution in [0.15, 0.2) is 60.7 Å². The lowest BCUT2D eigenvalue weighted by Crippen LogP contribution is -2.40. The molecule has 2 heteroatoms. The van der Waals surface area contributed by atoms with Crippen LogP contribution < -0.4 is 10.4 Å². The molecule has 0 spiro atoms. The van der Waals surface area contributed by atoms with Gasteiger partial charge in [0.2, 0.25) is 0 Å². The second-order valence-corrected chi connectivity index (χ2v) is 14.6. The number of rotatable bonds is 2. The molecule has 0 aliphatic carbocycles. The molecule has 0 amide bonds. The van der Waals surface area contributed by atoms with Gasteiger partial charge in [-0.2, -0.15) is 0 Å². The van der Waals surface area contributed by atoms with Gasteiger partial charge in [0.1, 0.15) is 0 Å². The van der Waals surface area contributed by atoms with Gasteiger partial charge < -0.3 is 0 Å². The van der Waals surface area contributed by atoms with Gasteiger partial charge in [0.05, 0.1) is 0 Å². The highest BCUT2D eigenvalue weighted by atomic mass is 28.3. The Morgan fingerprint density at radius 2 is 0.864 bits per heavy atom. The molecule has 0 saturated heterocycles. The average molecular weight is 319 g/mol. The van der Waals surface area contributed by atoms with Crippen LogP contribution >= 0.6 is 0 Å². The summed E-state index contributed by atoms with van der Waals surface area (Å²) in [6.07, 6.45) is 0. The molecule has 0 aliphatic heterocycles. The zero-order chi connectivity index (χ0) is 16.1. The molecule has 2 aromatic carbocycles. The lowest BCUT2D eigenvalue weighted by atomic mass is 10.4. The SMILES string of the molecule is C[Si](C)(C#CC#C[Si](C)(C)c1ccccc1)c1ccccc1. The molecule has 0 N–H and O–H groups in total. The van der Waals surface area contributed by atoms with E-state index < -0.39 is 16.1 Å². The van der Waals surface area contributed by atoms with Crippen LogP contribution in [-0.4, -0.2) is 16.1 Å². The predicted octanol–water partition coefficient (Wildman–Crippen LogP) is 3.30. The summed E-state index contributed by atoms with van der Waals surface area (Å²) in [6.45, 7) is 9.10. The molecule has 0 atom stereocenters. The first-order valence-corrected chi connectivity index (χ1v) is 13.6. The van der Waals surface area contributed by atoms with Gasteiger partial charge in [-0.25, -0.2) is 0 Å². The molecule has 110 valence electrons. The van der Waals surface area contributed by atoms with E-state index in [1.54, 1.807) is 0 Å². The second kappa shape index (κ2) is 6.84. The zero-order valence-electron chi connectivity index (χ0n) is 13.8. The average Bonchev–Trinajstić information content (AvgIpc) is 2.53. The third-order valence-corrected chi connectivity index (χ3v) is 8.86. The molecule has 0 aliphatic rings. The van der Waals surface area contributed by atoms with Gasteiger partial charge >= 0.3 is 0 Å². The van der Waals surface area contributed by atoms with Gasteiger partial charge in [0.25, 0.3) is 0 Å². The Labute approximate surface area is 136 Å². The maximum Gasteiger partial charge on any atom is 0.164 e. The second-order valence-electron chi connectivity index (χ2n) is 6.48. The van der Waals surface area contributed by atoms with Crippen LogP contribution in [0.5, 0.6) is 0 Å². The quantitative estimate of drug-likeness (QED) is 0.589. The fourth-order valence-corrected chi connectivity index (χ4v) is 5.32. The Morgan fingerprint density at radius 1 is 0.545 bits per heavy atom. The smallest absolute Gasteiger partial charge is 0.112 e. The molecule has 2 rings (SSSR count). The molecule has 0 radical (unpaired) electrons. The third kappa shape index (κ3) is 4.24. The van der Waals surface area contributed by atoms with E-state index in [1.165, 1.54) is 10.4 Å². The summed E-state index contributed by atoms with van der Waals surface area (Å²) in [5, 5.41) is 2.73. The fourth-order valence-electron chi connectivity index (χ4n) is 2.23. The highest BCUT2D eigenvalue weighted by molar-refractivity contribution is 6.97. The monoisotopic (exact) mass is 318 g/mol. The first-order chi connectivity index (χ1) is 10.4. The summed E-state index contributed by atoms with van der Waals surface area (Å²) >= 11 is 0. The summed E-state index contributed by atoms with van der Waals surface area (Å²) in [5.74, 6) is 6.27. The minimum atomic E-state index is -1.70. The molecule has 22 heavy (non-hydrogen) atoms. The molecule has 0 fully saturated rings. The fraction of sp³-hybridized carbons (Fsp3) is 0.200. The van der Waals surface area contributed by atoms with Crippen molar-refractivity contribution in [3.8, 4) is 22.9 Å². The van der Waals surface area contributed by atoms with Crippen molar-refractivity contribution in [3.63, 3.8) is 0 Å². The minimum absolute atomic E-state index is 1.36. The van der Waals surface area contributed by atoms with Gasteiger partial charge in [-0.05, 0) is 22.2 Å². The van der Waals surface area contributed by atoms with E-state index in [0.717, 1.165) is 0 Å². The van der Waals surface area contributed by atoms with Crippen LogP contribution in [0, 0.1) is 22.9 Å². The van der Waals surface area contributed by atoms with Crippen LogP contribution in [0.25, 0.3) is 0 Å². The highest BCUT2D eigenvalue weighted by Gasteiger charge is 2.21. The Hall–Kier alpha value is -2.01. The van der Waals surface area contributed by atoms with Crippen molar-refractivity contribution in [1.29, 1.82) is 0 Å². The van der Waals surface area contributed by atoms with Crippen molar-refractivity contribution in [2.75, 3.05) is 0 Å². The van der Waals surface area contributed by atoms with E-state index in [9.17, 15) is 0 Å². The van der Waals surface area contributed by atoms with E-state index in [2.05, 4.69) is 110 Å². The predicted molar refractivity (Wildman–Crippen MR) is 103 cm³/mol. The van der Waals surface area contributed by atoms with E-state index in [4.69, 9.17) is 0 Å². The van der Waals surface area contributed by atoms with Crippen LogP contribution in [0.4, 0.5) is 0 Å². The van der Waals surface area contributed by atoms with Crippen molar-refractivity contribution in [2.45, 2.75) is 26.2 Å². The molecule has 0 saturated carbocycles. The van der Waals surface area contributed by atoms with E-state index >= 15 is 0 Å². The first-order valence-electron chi connectivity index (χ1n) is 7.57. The van der Waals surface area contributed by atoms with Gasteiger partial charge in [-0.15, -0.1) is 11.1 Å². The Kier molecular flexibility index (Phi) is 5.09. The summed E-state index contributed by atoms with van der Waals surface area (Å²) in [7, 11) is -3.41. The summed E-state index contributed by atoms with van der Waals surface area (Å²) in [6, 6.07) is 21.2. The molecule has 0 aromatic heterocycles. The van der Waals surface area contributed by atoms with Gasteiger partial charge in [-0.3, -0.25) is 0 Å². The largest absolute Gasteiger partial charge is 0.164 e. The molecule has 0 nitrogen and oxygen atoms in total. The topological polar surface area (TPSA) is 0 Å². The first kappa shape index (κ1) is 16.4. The number of benzene rings is 2. The maximum absolute atomic E-state index is 3.44. The van der Waals surface area contributed by atoms with Gasteiger partial charge in [0.15, 0.2) is 16.1 Å². The lowest BCUT2D eigenvalue weighted by molar-refractivity contribution is 1.72. The Bertz CT molecular complexity index is 669. The zero-order valence-corrected chi connectivity index (χ0v) is 15.8.